The Balaban J connectivity index is 1.89. The third-order valence-electron chi connectivity index (χ3n) is 3.97. The Kier molecular flexibility index (Phi) is 6.68. The summed E-state index contributed by atoms with van der Waals surface area (Å²) < 4.78 is 27.5. The fraction of sp³-hybridized carbons (Fsp3) is 0.100. The summed E-state index contributed by atoms with van der Waals surface area (Å²) in [4.78, 5) is 13.4. The molecule has 0 unspecified atom stereocenters. The van der Waals surface area contributed by atoms with Gasteiger partial charge in [-0.05, 0) is 54.3 Å². The molecule has 29 heavy (non-hydrogen) atoms. The van der Waals surface area contributed by atoms with Gasteiger partial charge in [0.25, 0.3) is 15.9 Å². The summed E-state index contributed by atoms with van der Waals surface area (Å²) in [6.45, 7) is 1.31. The van der Waals surface area contributed by atoms with Gasteiger partial charge in [0.15, 0.2) is 0 Å². The summed E-state index contributed by atoms with van der Waals surface area (Å²) in [5, 5.41) is 6.26. The fourth-order valence-electron chi connectivity index (χ4n) is 2.62. The summed E-state index contributed by atoms with van der Waals surface area (Å²) in [5.41, 5.74) is 3.38. The summed E-state index contributed by atoms with van der Waals surface area (Å²) in [6.07, 6.45) is 1.51. The number of nitrogens with zero attached hydrogens (tertiary/aromatic N) is 2. The Bertz CT molecular complexity index is 1120. The summed E-state index contributed by atoms with van der Waals surface area (Å²) in [5.74, 6) is -0.563. The van der Waals surface area contributed by atoms with E-state index < -0.39 is 22.5 Å². The van der Waals surface area contributed by atoms with Gasteiger partial charge < -0.3 is 0 Å². The standard InChI is InChI=1S/C20H18ClN3O3S2/c1-15-12-16(21)9-10-19(15)24(29(26,27)18-7-3-2-4-8-18)14-20(25)23-22-13-17-6-5-11-28-17/h2-13H,14H2,1H3,(H,23,25)/b22-13-. The highest BCUT2D eigenvalue weighted by Gasteiger charge is 2.28. The number of hydrazone groups is 1. The van der Waals surface area contributed by atoms with Gasteiger partial charge in [-0.3, -0.25) is 9.10 Å². The minimum Gasteiger partial charge on any atom is -0.271 e. The first-order chi connectivity index (χ1) is 13.9. The van der Waals surface area contributed by atoms with Gasteiger partial charge in [-0.15, -0.1) is 11.3 Å². The van der Waals surface area contributed by atoms with Crippen molar-refractivity contribution in [3.63, 3.8) is 0 Å². The van der Waals surface area contributed by atoms with E-state index in [-0.39, 0.29) is 4.90 Å². The van der Waals surface area contributed by atoms with Crippen LogP contribution >= 0.6 is 22.9 Å². The molecule has 1 amide bonds. The van der Waals surface area contributed by atoms with E-state index in [4.69, 9.17) is 11.6 Å². The average Bonchev–Trinajstić information content (AvgIpc) is 3.21. The second-order valence-electron chi connectivity index (χ2n) is 6.06. The summed E-state index contributed by atoms with van der Waals surface area (Å²) in [6, 6.07) is 16.5. The first kappa shape index (κ1) is 21.0. The van der Waals surface area contributed by atoms with Crippen molar-refractivity contribution in [3.8, 4) is 0 Å². The highest BCUT2D eigenvalue weighted by atomic mass is 35.5. The monoisotopic (exact) mass is 447 g/mol. The molecule has 1 N–H and O–H groups in total. The van der Waals surface area contributed by atoms with Crippen LogP contribution in [-0.4, -0.2) is 27.1 Å². The predicted molar refractivity (Wildman–Crippen MR) is 117 cm³/mol. The van der Waals surface area contributed by atoms with Crippen molar-refractivity contribution in [1.82, 2.24) is 5.43 Å². The zero-order valence-corrected chi connectivity index (χ0v) is 17.8. The minimum absolute atomic E-state index is 0.0873. The second kappa shape index (κ2) is 9.21. The van der Waals surface area contributed by atoms with Crippen LogP contribution in [0.2, 0.25) is 5.02 Å². The van der Waals surface area contributed by atoms with Gasteiger partial charge in [-0.1, -0.05) is 35.9 Å². The zero-order valence-electron chi connectivity index (χ0n) is 15.4. The highest BCUT2D eigenvalue weighted by molar-refractivity contribution is 7.92. The number of anilines is 1. The molecule has 0 radical (unpaired) electrons. The molecule has 0 fully saturated rings. The Hall–Kier alpha value is -2.68. The molecule has 150 valence electrons. The minimum atomic E-state index is -3.97. The van der Waals surface area contributed by atoms with Gasteiger partial charge in [-0.2, -0.15) is 5.10 Å². The van der Waals surface area contributed by atoms with E-state index in [9.17, 15) is 13.2 Å². The molecular weight excluding hydrogens is 430 g/mol. The van der Waals surface area contributed by atoms with E-state index in [1.165, 1.54) is 29.7 Å². The van der Waals surface area contributed by atoms with Crippen LogP contribution in [0.1, 0.15) is 10.4 Å². The second-order valence-corrected chi connectivity index (χ2v) is 9.34. The number of benzene rings is 2. The maximum absolute atomic E-state index is 13.2. The molecule has 1 aromatic heterocycles. The molecule has 1 heterocycles. The van der Waals surface area contributed by atoms with Crippen molar-refractivity contribution in [2.75, 3.05) is 10.8 Å². The number of sulfonamides is 1. The lowest BCUT2D eigenvalue weighted by molar-refractivity contribution is -0.119. The smallest absolute Gasteiger partial charge is 0.264 e. The molecule has 0 saturated heterocycles. The number of aryl methyl sites for hydroxylation is 1. The number of amides is 1. The molecule has 3 rings (SSSR count). The first-order valence-electron chi connectivity index (χ1n) is 8.57. The van der Waals surface area contributed by atoms with E-state index in [0.29, 0.717) is 16.3 Å². The first-order valence-corrected chi connectivity index (χ1v) is 11.3. The van der Waals surface area contributed by atoms with Crippen LogP contribution in [0, 0.1) is 6.92 Å². The molecule has 0 aliphatic rings. The van der Waals surface area contributed by atoms with E-state index in [0.717, 1.165) is 9.18 Å². The van der Waals surface area contributed by atoms with Crippen molar-refractivity contribution >= 4 is 50.8 Å². The lowest BCUT2D eigenvalue weighted by atomic mass is 10.2. The number of thiophene rings is 1. The Morgan fingerprint density at radius 2 is 1.93 bits per heavy atom. The van der Waals surface area contributed by atoms with Crippen LogP contribution in [0.5, 0.6) is 0 Å². The van der Waals surface area contributed by atoms with Crippen molar-refractivity contribution in [3.05, 3.63) is 81.5 Å². The van der Waals surface area contributed by atoms with Crippen LogP contribution < -0.4 is 9.73 Å². The van der Waals surface area contributed by atoms with Crippen molar-refractivity contribution in [1.29, 1.82) is 0 Å². The molecule has 0 atom stereocenters. The lowest BCUT2D eigenvalue weighted by Gasteiger charge is -2.25. The topological polar surface area (TPSA) is 78.8 Å². The Morgan fingerprint density at radius 3 is 2.59 bits per heavy atom. The summed E-state index contributed by atoms with van der Waals surface area (Å²) in [7, 11) is -3.97. The third kappa shape index (κ3) is 5.23. The number of nitrogens with one attached hydrogen (secondary N) is 1. The van der Waals surface area contributed by atoms with Gasteiger partial charge in [0.2, 0.25) is 0 Å². The highest BCUT2D eigenvalue weighted by Crippen LogP contribution is 2.28. The number of carbonyl (C=O) groups is 1. The number of halogens is 1. The van der Waals surface area contributed by atoms with Crippen LogP contribution in [-0.2, 0) is 14.8 Å². The number of hydrogen-bond donors (Lipinski definition) is 1. The van der Waals surface area contributed by atoms with Crippen LogP contribution in [0.4, 0.5) is 5.69 Å². The largest absolute Gasteiger partial charge is 0.271 e. The van der Waals surface area contributed by atoms with Gasteiger partial charge in [0.1, 0.15) is 6.54 Å². The van der Waals surface area contributed by atoms with Crippen LogP contribution in [0.3, 0.4) is 0 Å². The zero-order chi connectivity index (χ0) is 20.9. The SMILES string of the molecule is Cc1cc(Cl)ccc1N(CC(=O)N/N=C\c1cccs1)S(=O)(=O)c1ccccc1. The van der Waals surface area contributed by atoms with E-state index in [2.05, 4.69) is 10.5 Å². The van der Waals surface area contributed by atoms with E-state index >= 15 is 0 Å². The lowest BCUT2D eigenvalue weighted by Crippen LogP contribution is -2.40. The number of carbonyl (C=O) groups excluding carboxylic acids is 1. The fourth-order valence-corrected chi connectivity index (χ4v) is 4.93. The molecule has 0 bridgehead atoms. The molecule has 0 saturated carbocycles. The van der Waals surface area contributed by atoms with Gasteiger partial charge in [-0.25, -0.2) is 13.8 Å². The van der Waals surface area contributed by atoms with Crippen LogP contribution in [0.25, 0.3) is 0 Å². The maximum atomic E-state index is 13.2. The van der Waals surface area contributed by atoms with Gasteiger partial charge in [0, 0.05) is 9.90 Å². The van der Waals surface area contributed by atoms with Crippen molar-refractivity contribution < 1.29 is 13.2 Å². The normalized spacial score (nSPS) is 11.5. The van der Waals surface area contributed by atoms with E-state index in [1.54, 1.807) is 43.3 Å². The number of rotatable bonds is 7. The number of hydrogen-bond acceptors (Lipinski definition) is 5. The molecular formula is C20H18ClN3O3S2. The Labute approximate surface area is 178 Å². The molecule has 0 aliphatic carbocycles. The average molecular weight is 448 g/mol. The van der Waals surface area contributed by atoms with E-state index in [1.807, 2.05) is 17.5 Å². The molecule has 3 aromatic rings. The van der Waals surface area contributed by atoms with Crippen LogP contribution in [0.15, 0.2) is 76.0 Å². The third-order valence-corrected chi connectivity index (χ3v) is 6.79. The molecule has 0 aliphatic heterocycles. The molecule has 9 heteroatoms. The van der Waals surface area contributed by atoms with Crippen molar-refractivity contribution in [2.24, 2.45) is 5.10 Å². The quantitative estimate of drug-likeness (QED) is 0.438. The predicted octanol–water partition coefficient (Wildman–Crippen LogP) is 4.06. The maximum Gasteiger partial charge on any atom is 0.264 e. The van der Waals surface area contributed by atoms with Gasteiger partial charge in [0.05, 0.1) is 16.8 Å². The molecule has 0 spiro atoms. The molecule has 6 nitrogen and oxygen atoms in total. The molecule has 2 aromatic carbocycles. The van der Waals surface area contributed by atoms with Crippen molar-refractivity contribution in [2.45, 2.75) is 11.8 Å². The Morgan fingerprint density at radius 1 is 1.17 bits per heavy atom. The van der Waals surface area contributed by atoms with Gasteiger partial charge >= 0.3 is 0 Å². The summed E-state index contributed by atoms with van der Waals surface area (Å²) >= 11 is 7.48.